The lowest BCUT2D eigenvalue weighted by Crippen LogP contribution is -2.13. The molecule has 0 rings (SSSR count). The molecular weight excluding hydrogens is 220 g/mol. The van der Waals surface area contributed by atoms with E-state index in [1.165, 1.54) is 25.3 Å². The van der Waals surface area contributed by atoms with E-state index in [4.69, 9.17) is 4.43 Å². The van der Waals surface area contributed by atoms with Crippen LogP contribution in [0.2, 0.25) is 6.04 Å². The fraction of sp³-hybridized carbons (Fsp3) is 1.00. The molecule has 0 N–H and O–H groups in total. The SMILES string of the molecule is CCC(CC)O[SiH2]CCCBr. The molecule has 0 aromatic rings. The summed E-state index contributed by atoms with van der Waals surface area (Å²) in [5.41, 5.74) is 0. The van der Waals surface area contributed by atoms with Crippen molar-refractivity contribution in [3.05, 3.63) is 0 Å². The number of alkyl halides is 1. The first-order valence-electron chi connectivity index (χ1n) is 4.52. The molecule has 0 atom stereocenters. The molecule has 0 aromatic carbocycles. The Morgan fingerprint density at radius 3 is 2.45 bits per heavy atom. The van der Waals surface area contributed by atoms with Crippen LogP contribution in [-0.2, 0) is 4.43 Å². The Morgan fingerprint density at radius 2 is 2.00 bits per heavy atom. The Balaban J connectivity index is 3.07. The highest BCUT2D eigenvalue weighted by atomic mass is 79.9. The van der Waals surface area contributed by atoms with E-state index >= 15 is 0 Å². The maximum absolute atomic E-state index is 5.76. The molecule has 0 fully saturated rings. The lowest BCUT2D eigenvalue weighted by molar-refractivity contribution is 0.202. The van der Waals surface area contributed by atoms with Crippen LogP contribution >= 0.6 is 15.9 Å². The molecule has 0 heterocycles. The minimum atomic E-state index is -0.199. The Kier molecular flexibility index (Phi) is 9.27. The topological polar surface area (TPSA) is 9.23 Å². The standard InChI is InChI=1S/C8H19BrOSi/c1-3-8(4-2)10-11-7-5-6-9/h8H,3-7,11H2,1-2H3. The van der Waals surface area contributed by atoms with Crippen LogP contribution in [0.4, 0.5) is 0 Å². The highest BCUT2D eigenvalue weighted by Gasteiger charge is 2.01. The lowest BCUT2D eigenvalue weighted by atomic mass is 10.2. The summed E-state index contributed by atoms with van der Waals surface area (Å²) >= 11 is 3.42. The van der Waals surface area contributed by atoms with Crippen molar-refractivity contribution in [3.63, 3.8) is 0 Å². The van der Waals surface area contributed by atoms with Gasteiger partial charge in [0, 0.05) is 11.4 Å². The molecule has 1 nitrogen and oxygen atoms in total. The smallest absolute Gasteiger partial charge is 0.162 e. The molecule has 0 unspecified atom stereocenters. The van der Waals surface area contributed by atoms with E-state index in [2.05, 4.69) is 29.8 Å². The molecule has 0 saturated carbocycles. The van der Waals surface area contributed by atoms with E-state index in [1.807, 2.05) is 0 Å². The third-order valence-corrected chi connectivity index (χ3v) is 3.85. The van der Waals surface area contributed by atoms with E-state index < -0.39 is 0 Å². The molecule has 0 aliphatic rings. The molecule has 0 amide bonds. The Labute approximate surface area is 81.0 Å². The summed E-state index contributed by atoms with van der Waals surface area (Å²) in [7, 11) is -0.199. The highest BCUT2D eigenvalue weighted by Crippen LogP contribution is 2.03. The van der Waals surface area contributed by atoms with E-state index in [9.17, 15) is 0 Å². The zero-order valence-electron chi connectivity index (χ0n) is 7.61. The summed E-state index contributed by atoms with van der Waals surface area (Å²) in [5.74, 6) is 0. The van der Waals surface area contributed by atoms with Gasteiger partial charge in [-0.15, -0.1) is 0 Å². The first-order valence-corrected chi connectivity index (χ1v) is 7.22. The molecular formula is C8H19BrOSi. The highest BCUT2D eigenvalue weighted by molar-refractivity contribution is 9.09. The van der Waals surface area contributed by atoms with Gasteiger partial charge >= 0.3 is 0 Å². The van der Waals surface area contributed by atoms with Gasteiger partial charge in [0.2, 0.25) is 0 Å². The van der Waals surface area contributed by atoms with Gasteiger partial charge in [0.25, 0.3) is 0 Å². The van der Waals surface area contributed by atoms with Crippen LogP contribution in [0.1, 0.15) is 33.1 Å². The van der Waals surface area contributed by atoms with Crippen molar-refractivity contribution < 1.29 is 4.43 Å². The summed E-state index contributed by atoms with van der Waals surface area (Å²) < 4.78 is 5.76. The zero-order valence-corrected chi connectivity index (χ0v) is 10.6. The molecule has 0 aromatic heterocycles. The average Bonchev–Trinajstić information content (AvgIpc) is 2.05. The van der Waals surface area contributed by atoms with E-state index in [-0.39, 0.29) is 9.76 Å². The molecule has 3 heteroatoms. The van der Waals surface area contributed by atoms with Crippen molar-refractivity contribution >= 4 is 25.7 Å². The van der Waals surface area contributed by atoms with Crippen molar-refractivity contribution in [1.82, 2.24) is 0 Å². The number of rotatable bonds is 7. The van der Waals surface area contributed by atoms with Gasteiger partial charge < -0.3 is 4.43 Å². The van der Waals surface area contributed by atoms with Crippen LogP contribution in [0.15, 0.2) is 0 Å². The summed E-state index contributed by atoms with van der Waals surface area (Å²) in [6.07, 6.45) is 4.19. The summed E-state index contributed by atoms with van der Waals surface area (Å²) in [4.78, 5) is 0. The van der Waals surface area contributed by atoms with Gasteiger partial charge in [0.1, 0.15) is 0 Å². The first-order chi connectivity index (χ1) is 5.35. The fourth-order valence-electron chi connectivity index (χ4n) is 0.971. The summed E-state index contributed by atoms with van der Waals surface area (Å²) in [6.45, 7) is 4.40. The molecule has 0 spiro atoms. The van der Waals surface area contributed by atoms with Gasteiger partial charge in [0.15, 0.2) is 9.76 Å². The minimum Gasteiger partial charge on any atom is -0.421 e. The largest absolute Gasteiger partial charge is 0.421 e. The van der Waals surface area contributed by atoms with Crippen LogP contribution in [0, 0.1) is 0 Å². The van der Waals surface area contributed by atoms with E-state index in [0.717, 1.165) is 5.33 Å². The second kappa shape index (κ2) is 8.75. The van der Waals surface area contributed by atoms with Gasteiger partial charge in [-0.2, -0.15) is 0 Å². The summed E-state index contributed by atoms with van der Waals surface area (Å²) in [5, 5.41) is 1.13. The van der Waals surface area contributed by atoms with Crippen molar-refractivity contribution in [3.8, 4) is 0 Å². The van der Waals surface area contributed by atoms with Crippen LogP contribution < -0.4 is 0 Å². The van der Waals surface area contributed by atoms with Crippen molar-refractivity contribution in [2.24, 2.45) is 0 Å². The molecule has 0 aliphatic carbocycles. The average molecular weight is 239 g/mol. The van der Waals surface area contributed by atoms with E-state index in [1.54, 1.807) is 0 Å². The van der Waals surface area contributed by atoms with Crippen molar-refractivity contribution in [1.29, 1.82) is 0 Å². The third-order valence-electron chi connectivity index (χ3n) is 1.79. The van der Waals surface area contributed by atoms with Crippen molar-refractivity contribution in [2.45, 2.75) is 45.3 Å². The number of hydrogen-bond donors (Lipinski definition) is 0. The molecule has 0 radical (unpaired) electrons. The van der Waals surface area contributed by atoms with Gasteiger partial charge in [-0.05, 0) is 25.3 Å². The predicted octanol–water partition coefficient (Wildman–Crippen LogP) is 2.48. The van der Waals surface area contributed by atoms with Gasteiger partial charge in [-0.25, -0.2) is 0 Å². The Bertz CT molecular complexity index is 76.5. The first kappa shape index (κ1) is 11.7. The molecule has 68 valence electrons. The minimum absolute atomic E-state index is 0.199. The van der Waals surface area contributed by atoms with Crippen molar-refractivity contribution in [2.75, 3.05) is 5.33 Å². The van der Waals surface area contributed by atoms with E-state index in [0.29, 0.717) is 6.10 Å². The predicted molar refractivity (Wildman–Crippen MR) is 57.2 cm³/mol. The lowest BCUT2D eigenvalue weighted by Gasteiger charge is -2.13. The monoisotopic (exact) mass is 238 g/mol. The van der Waals surface area contributed by atoms with Gasteiger partial charge in [-0.3, -0.25) is 0 Å². The maximum Gasteiger partial charge on any atom is 0.162 e. The molecule has 0 aliphatic heterocycles. The number of hydrogen-bond acceptors (Lipinski definition) is 1. The fourth-order valence-corrected chi connectivity index (χ4v) is 3.52. The van der Waals surface area contributed by atoms with Crippen LogP contribution in [0.3, 0.4) is 0 Å². The van der Waals surface area contributed by atoms with Gasteiger partial charge in [0.05, 0.1) is 0 Å². The zero-order chi connectivity index (χ0) is 8.53. The number of halogens is 1. The Morgan fingerprint density at radius 1 is 1.36 bits per heavy atom. The molecule has 0 bridgehead atoms. The molecule has 0 saturated heterocycles. The normalized spacial score (nSPS) is 12.0. The summed E-state index contributed by atoms with van der Waals surface area (Å²) in [6, 6.07) is 1.32. The quantitative estimate of drug-likeness (QED) is 0.377. The van der Waals surface area contributed by atoms with Crippen LogP contribution in [0.25, 0.3) is 0 Å². The second-order valence-electron chi connectivity index (χ2n) is 2.71. The second-order valence-corrected chi connectivity index (χ2v) is 4.95. The third kappa shape index (κ3) is 7.03. The van der Waals surface area contributed by atoms with Gasteiger partial charge in [-0.1, -0.05) is 29.8 Å². The molecule has 11 heavy (non-hydrogen) atoms. The van der Waals surface area contributed by atoms with Crippen LogP contribution in [-0.4, -0.2) is 21.2 Å². The Hall–Kier alpha value is 0.657. The van der Waals surface area contributed by atoms with Crippen LogP contribution in [0.5, 0.6) is 0 Å². The maximum atomic E-state index is 5.76.